The van der Waals surface area contributed by atoms with Crippen LogP contribution in [0.2, 0.25) is 0 Å². The van der Waals surface area contributed by atoms with E-state index >= 15 is 0 Å². The molecule has 2 nitrogen and oxygen atoms in total. The number of ether oxygens (including phenoxy) is 1. The minimum atomic E-state index is 0.0322. The van der Waals surface area contributed by atoms with Crippen molar-refractivity contribution in [2.24, 2.45) is 0 Å². The molecule has 0 amide bonds. The van der Waals surface area contributed by atoms with E-state index in [1.54, 1.807) is 0 Å². The van der Waals surface area contributed by atoms with Gasteiger partial charge in [-0.05, 0) is 34.2 Å². The SMILES string of the molecule is CC(C)(C)c1ccc(-c2cccc(OCCO)c2)cc1. The fourth-order valence-corrected chi connectivity index (χ4v) is 2.09. The Kier molecular flexibility index (Phi) is 4.46. The van der Waals surface area contributed by atoms with E-state index in [2.05, 4.69) is 51.1 Å². The van der Waals surface area contributed by atoms with E-state index < -0.39 is 0 Å². The third kappa shape index (κ3) is 3.61. The maximum absolute atomic E-state index is 8.80. The first kappa shape index (κ1) is 14.6. The van der Waals surface area contributed by atoms with Gasteiger partial charge in [-0.1, -0.05) is 57.2 Å². The van der Waals surface area contributed by atoms with Crippen LogP contribution in [0.25, 0.3) is 11.1 Å². The fourth-order valence-electron chi connectivity index (χ4n) is 2.09. The first-order valence-electron chi connectivity index (χ1n) is 6.95. The highest BCUT2D eigenvalue weighted by molar-refractivity contribution is 5.65. The van der Waals surface area contributed by atoms with E-state index in [9.17, 15) is 0 Å². The van der Waals surface area contributed by atoms with Gasteiger partial charge in [0.15, 0.2) is 0 Å². The minimum absolute atomic E-state index is 0.0322. The lowest BCUT2D eigenvalue weighted by Crippen LogP contribution is -2.10. The van der Waals surface area contributed by atoms with E-state index in [0.29, 0.717) is 6.61 Å². The molecule has 1 N–H and O–H groups in total. The van der Waals surface area contributed by atoms with E-state index in [1.165, 1.54) is 11.1 Å². The Morgan fingerprint density at radius 2 is 1.65 bits per heavy atom. The molecule has 2 rings (SSSR count). The number of benzene rings is 2. The van der Waals surface area contributed by atoms with E-state index in [1.807, 2.05) is 18.2 Å². The van der Waals surface area contributed by atoms with Gasteiger partial charge in [0, 0.05) is 0 Å². The van der Waals surface area contributed by atoms with Gasteiger partial charge in [-0.3, -0.25) is 0 Å². The largest absolute Gasteiger partial charge is 0.491 e. The molecule has 0 spiro atoms. The second-order valence-corrected chi connectivity index (χ2v) is 5.93. The lowest BCUT2D eigenvalue weighted by molar-refractivity contribution is 0.201. The Bertz CT molecular complexity index is 550. The maximum atomic E-state index is 8.80. The summed E-state index contributed by atoms with van der Waals surface area (Å²) in [7, 11) is 0. The third-order valence-corrected chi connectivity index (χ3v) is 3.28. The summed E-state index contributed by atoms with van der Waals surface area (Å²) < 4.78 is 5.45. The summed E-state index contributed by atoms with van der Waals surface area (Å²) in [5, 5.41) is 8.80. The molecular formula is C18H22O2. The summed E-state index contributed by atoms with van der Waals surface area (Å²) in [6.07, 6.45) is 0. The van der Waals surface area contributed by atoms with Crippen molar-refractivity contribution in [3.63, 3.8) is 0 Å². The summed E-state index contributed by atoms with van der Waals surface area (Å²) in [6.45, 7) is 7.00. The third-order valence-electron chi connectivity index (χ3n) is 3.28. The molecule has 0 saturated carbocycles. The van der Waals surface area contributed by atoms with Crippen LogP contribution in [-0.4, -0.2) is 18.3 Å². The van der Waals surface area contributed by atoms with Crippen LogP contribution < -0.4 is 4.74 Å². The summed E-state index contributed by atoms with van der Waals surface area (Å²) in [5.74, 6) is 0.788. The van der Waals surface area contributed by atoms with Crippen LogP contribution in [0.15, 0.2) is 48.5 Å². The lowest BCUT2D eigenvalue weighted by Gasteiger charge is -2.19. The molecule has 0 heterocycles. The van der Waals surface area contributed by atoms with Crippen molar-refractivity contribution in [2.75, 3.05) is 13.2 Å². The van der Waals surface area contributed by atoms with Crippen molar-refractivity contribution in [1.82, 2.24) is 0 Å². The first-order valence-corrected chi connectivity index (χ1v) is 6.95. The van der Waals surface area contributed by atoms with Gasteiger partial charge in [0.05, 0.1) is 6.61 Å². The normalized spacial score (nSPS) is 11.4. The Morgan fingerprint density at radius 3 is 2.25 bits per heavy atom. The average molecular weight is 270 g/mol. The summed E-state index contributed by atoms with van der Waals surface area (Å²) in [6, 6.07) is 16.6. The topological polar surface area (TPSA) is 29.5 Å². The molecule has 0 aliphatic heterocycles. The van der Waals surface area contributed by atoms with Gasteiger partial charge >= 0.3 is 0 Å². The quantitative estimate of drug-likeness (QED) is 0.909. The number of aliphatic hydroxyl groups is 1. The van der Waals surface area contributed by atoms with Gasteiger partial charge in [0.2, 0.25) is 0 Å². The van der Waals surface area contributed by atoms with Gasteiger partial charge in [0.25, 0.3) is 0 Å². The van der Waals surface area contributed by atoms with Crippen molar-refractivity contribution in [2.45, 2.75) is 26.2 Å². The van der Waals surface area contributed by atoms with E-state index in [0.717, 1.165) is 11.3 Å². The smallest absolute Gasteiger partial charge is 0.120 e. The Labute approximate surface area is 121 Å². The zero-order valence-electron chi connectivity index (χ0n) is 12.4. The highest BCUT2D eigenvalue weighted by Gasteiger charge is 2.13. The van der Waals surface area contributed by atoms with Crippen molar-refractivity contribution in [3.8, 4) is 16.9 Å². The maximum Gasteiger partial charge on any atom is 0.120 e. The predicted molar refractivity (Wildman–Crippen MR) is 83.2 cm³/mol. The summed E-state index contributed by atoms with van der Waals surface area (Å²) in [5.41, 5.74) is 3.80. The minimum Gasteiger partial charge on any atom is -0.491 e. The molecule has 0 fully saturated rings. The lowest BCUT2D eigenvalue weighted by atomic mass is 9.86. The van der Waals surface area contributed by atoms with E-state index in [-0.39, 0.29) is 12.0 Å². The molecule has 0 atom stereocenters. The van der Waals surface area contributed by atoms with Gasteiger partial charge in [-0.25, -0.2) is 0 Å². The average Bonchev–Trinajstić information content (AvgIpc) is 2.45. The Morgan fingerprint density at radius 1 is 0.950 bits per heavy atom. The molecule has 2 aromatic carbocycles. The second kappa shape index (κ2) is 6.10. The standard InChI is InChI=1S/C18H22O2/c1-18(2,3)16-9-7-14(8-10-16)15-5-4-6-17(13-15)20-12-11-19/h4-10,13,19H,11-12H2,1-3H3. The molecule has 0 aromatic heterocycles. The molecule has 0 aliphatic carbocycles. The van der Waals surface area contributed by atoms with Crippen LogP contribution >= 0.6 is 0 Å². The summed E-state index contributed by atoms with van der Waals surface area (Å²) >= 11 is 0. The van der Waals surface area contributed by atoms with Gasteiger partial charge < -0.3 is 9.84 Å². The summed E-state index contributed by atoms with van der Waals surface area (Å²) in [4.78, 5) is 0. The first-order chi connectivity index (χ1) is 9.50. The molecule has 2 aromatic rings. The number of aliphatic hydroxyl groups excluding tert-OH is 1. The molecule has 0 saturated heterocycles. The van der Waals surface area contributed by atoms with Crippen LogP contribution in [-0.2, 0) is 5.41 Å². The molecule has 0 bridgehead atoms. The zero-order chi connectivity index (χ0) is 14.6. The van der Waals surface area contributed by atoms with Crippen LogP contribution in [0.4, 0.5) is 0 Å². The number of hydrogen-bond donors (Lipinski definition) is 1. The molecule has 0 aliphatic rings. The van der Waals surface area contributed by atoms with Gasteiger partial charge in [-0.15, -0.1) is 0 Å². The highest BCUT2D eigenvalue weighted by Crippen LogP contribution is 2.27. The number of hydrogen-bond acceptors (Lipinski definition) is 2. The molecule has 0 unspecified atom stereocenters. The van der Waals surface area contributed by atoms with Gasteiger partial charge in [-0.2, -0.15) is 0 Å². The predicted octanol–water partition coefficient (Wildman–Crippen LogP) is 4.02. The molecule has 0 radical (unpaired) electrons. The van der Waals surface area contributed by atoms with Crippen LogP contribution in [0.3, 0.4) is 0 Å². The molecular weight excluding hydrogens is 248 g/mol. The molecule has 2 heteroatoms. The van der Waals surface area contributed by atoms with Crippen molar-refractivity contribution >= 4 is 0 Å². The Balaban J connectivity index is 2.23. The Hall–Kier alpha value is -1.80. The zero-order valence-corrected chi connectivity index (χ0v) is 12.4. The van der Waals surface area contributed by atoms with Crippen molar-refractivity contribution in [1.29, 1.82) is 0 Å². The van der Waals surface area contributed by atoms with E-state index in [4.69, 9.17) is 9.84 Å². The van der Waals surface area contributed by atoms with Gasteiger partial charge in [0.1, 0.15) is 12.4 Å². The number of rotatable bonds is 4. The van der Waals surface area contributed by atoms with Crippen LogP contribution in [0.1, 0.15) is 26.3 Å². The monoisotopic (exact) mass is 270 g/mol. The molecule has 106 valence electrons. The van der Waals surface area contributed by atoms with Crippen molar-refractivity contribution in [3.05, 3.63) is 54.1 Å². The van der Waals surface area contributed by atoms with Crippen molar-refractivity contribution < 1.29 is 9.84 Å². The van der Waals surface area contributed by atoms with Crippen LogP contribution in [0, 0.1) is 0 Å². The molecule has 20 heavy (non-hydrogen) atoms. The fraction of sp³-hybridized carbons (Fsp3) is 0.333. The van der Waals surface area contributed by atoms with Crippen LogP contribution in [0.5, 0.6) is 5.75 Å². The highest BCUT2D eigenvalue weighted by atomic mass is 16.5. The second-order valence-electron chi connectivity index (χ2n) is 5.93.